The van der Waals surface area contributed by atoms with Gasteiger partial charge in [-0.25, -0.2) is 0 Å². The van der Waals surface area contributed by atoms with Crippen LogP contribution in [0.15, 0.2) is 47.1 Å². The van der Waals surface area contributed by atoms with Crippen molar-refractivity contribution in [2.75, 3.05) is 13.7 Å². The molecule has 1 aromatic rings. The van der Waals surface area contributed by atoms with E-state index in [-0.39, 0.29) is 0 Å². The van der Waals surface area contributed by atoms with E-state index in [2.05, 4.69) is 17.3 Å². The van der Waals surface area contributed by atoms with Crippen LogP contribution >= 0.6 is 0 Å². The monoisotopic (exact) mass is 227 g/mol. The van der Waals surface area contributed by atoms with E-state index in [1.54, 1.807) is 7.11 Å². The predicted molar refractivity (Wildman–Crippen MR) is 67.1 cm³/mol. The molecule has 0 radical (unpaired) electrons. The summed E-state index contributed by atoms with van der Waals surface area (Å²) in [4.78, 5) is 4.80. The van der Waals surface area contributed by atoms with Crippen LogP contribution in [0.5, 0.6) is 5.75 Å². The smallest absolute Gasteiger partial charge is 0.127 e. The van der Waals surface area contributed by atoms with Gasteiger partial charge in [0.25, 0.3) is 0 Å². The van der Waals surface area contributed by atoms with Gasteiger partial charge in [0.1, 0.15) is 19.5 Å². The Kier molecular flexibility index (Phi) is 2.44. The summed E-state index contributed by atoms with van der Waals surface area (Å²) in [5, 5.41) is 3.97. The number of hydrogen-bond donors (Lipinski definition) is 0. The van der Waals surface area contributed by atoms with Crippen LogP contribution < -0.4 is 4.74 Å². The summed E-state index contributed by atoms with van der Waals surface area (Å²) in [7, 11) is 1.57. The minimum Gasteiger partial charge on any atom is -0.489 e. The van der Waals surface area contributed by atoms with Crippen molar-refractivity contribution in [3.8, 4) is 5.75 Å². The lowest BCUT2D eigenvalue weighted by atomic mass is 9.90. The molecule has 0 saturated heterocycles. The van der Waals surface area contributed by atoms with Crippen LogP contribution in [0, 0.1) is 0 Å². The third-order valence-electron chi connectivity index (χ3n) is 3.01. The second kappa shape index (κ2) is 4.09. The Hall–Kier alpha value is -2.03. The van der Waals surface area contributed by atoms with Crippen molar-refractivity contribution >= 4 is 11.3 Å². The largest absolute Gasteiger partial charge is 0.489 e. The summed E-state index contributed by atoms with van der Waals surface area (Å²) in [6, 6.07) is 8.12. The molecular weight excluding hydrogens is 214 g/mol. The number of hydrogen-bond acceptors (Lipinski definition) is 3. The maximum absolute atomic E-state index is 5.73. The fourth-order valence-corrected chi connectivity index (χ4v) is 2.24. The molecule has 0 amide bonds. The Morgan fingerprint density at radius 1 is 1.24 bits per heavy atom. The molecule has 3 nitrogen and oxygen atoms in total. The molecule has 3 heteroatoms. The van der Waals surface area contributed by atoms with Crippen molar-refractivity contribution in [2.24, 2.45) is 5.16 Å². The molecule has 0 spiro atoms. The average molecular weight is 227 g/mol. The van der Waals surface area contributed by atoms with Crippen LogP contribution in [0.1, 0.15) is 12.0 Å². The zero-order chi connectivity index (χ0) is 11.7. The molecule has 86 valence electrons. The minimum atomic E-state index is 0.638. The predicted octanol–water partition coefficient (Wildman–Crippen LogP) is 2.79. The SMILES string of the molecule is CON=C1C=CC2=C(COc3ccccc32)C1. The number of ether oxygens (including phenoxy) is 1. The molecule has 1 heterocycles. The fourth-order valence-electron chi connectivity index (χ4n) is 2.24. The van der Waals surface area contributed by atoms with E-state index in [1.165, 1.54) is 16.7 Å². The van der Waals surface area contributed by atoms with Crippen LogP contribution in [0.2, 0.25) is 0 Å². The number of benzene rings is 1. The standard InChI is InChI=1S/C14H13NO2/c1-16-15-11-6-7-12-10(8-11)9-17-14-5-3-2-4-13(12)14/h2-7H,8-9H2,1H3. The van der Waals surface area contributed by atoms with Gasteiger partial charge in [0.15, 0.2) is 0 Å². The first-order valence-electron chi connectivity index (χ1n) is 5.61. The van der Waals surface area contributed by atoms with E-state index in [0.29, 0.717) is 6.61 Å². The number of fused-ring (bicyclic) bond motifs is 2. The molecule has 0 saturated carbocycles. The lowest BCUT2D eigenvalue weighted by Crippen LogP contribution is -2.16. The molecule has 1 aromatic carbocycles. The minimum absolute atomic E-state index is 0.638. The van der Waals surface area contributed by atoms with Crippen molar-refractivity contribution in [1.82, 2.24) is 0 Å². The van der Waals surface area contributed by atoms with Crippen molar-refractivity contribution in [2.45, 2.75) is 6.42 Å². The van der Waals surface area contributed by atoms with Gasteiger partial charge >= 0.3 is 0 Å². The lowest BCUT2D eigenvalue weighted by Gasteiger charge is -2.24. The summed E-state index contributed by atoms with van der Waals surface area (Å²) in [5.41, 5.74) is 4.64. The molecule has 0 bridgehead atoms. The molecule has 3 rings (SSSR count). The average Bonchev–Trinajstić information content (AvgIpc) is 2.39. The van der Waals surface area contributed by atoms with E-state index in [1.807, 2.05) is 24.3 Å². The van der Waals surface area contributed by atoms with Crippen LogP contribution in [0.25, 0.3) is 5.57 Å². The Morgan fingerprint density at radius 3 is 3.00 bits per heavy atom. The molecule has 0 aromatic heterocycles. The van der Waals surface area contributed by atoms with Crippen LogP contribution in [-0.2, 0) is 4.84 Å². The first-order chi connectivity index (χ1) is 8.38. The van der Waals surface area contributed by atoms with Crippen LogP contribution in [-0.4, -0.2) is 19.4 Å². The highest BCUT2D eigenvalue weighted by Crippen LogP contribution is 2.36. The molecule has 0 fully saturated rings. The summed E-state index contributed by atoms with van der Waals surface area (Å²) in [5.74, 6) is 0.961. The van der Waals surface area contributed by atoms with E-state index in [4.69, 9.17) is 9.57 Å². The third-order valence-corrected chi connectivity index (χ3v) is 3.01. The number of para-hydroxylation sites is 1. The number of oxime groups is 1. The van der Waals surface area contributed by atoms with Crippen LogP contribution in [0.3, 0.4) is 0 Å². The van der Waals surface area contributed by atoms with Gasteiger partial charge in [-0.1, -0.05) is 29.4 Å². The zero-order valence-electron chi connectivity index (χ0n) is 9.64. The van der Waals surface area contributed by atoms with E-state index in [0.717, 1.165) is 17.9 Å². The van der Waals surface area contributed by atoms with Crippen molar-refractivity contribution in [3.05, 3.63) is 47.6 Å². The van der Waals surface area contributed by atoms with Gasteiger partial charge < -0.3 is 9.57 Å². The second-order valence-electron chi connectivity index (χ2n) is 4.08. The molecule has 0 unspecified atom stereocenters. The molecule has 0 N–H and O–H groups in total. The Balaban J connectivity index is 2.02. The van der Waals surface area contributed by atoms with Gasteiger partial charge in [0, 0.05) is 12.0 Å². The zero-order valence-corrected chi connectivity index (χ0v) is 9.64. The second-order valence-corrected chi connectivity index (χ2v) is 4.08. The van der Waals surface area contributed by atoms with Gasteiger partial charge in [-0.05, 0) is 23.3 Å². The number of nitrogens with zero attached hydrogens (tertiary/aromatic N) is 1. The molecule has 2 aliphatic rings. The summed E-state index contributed by atoms with van der Waals surface area (Å²) in [6.45, 7) is 0.638. The quantitative estimate of drug-likeness (QED) is 0.691. The Bertz CT molecular complexity index is 541. The van der Waals surface area contributed by atoms with E-state index >= 15 is 0 Å². The molecular formula is C14H13NO2. The van der Waals surface area contributed by atoms with Crippen molar-refractivity contribution in [1.29, 1.82) is 0 Å². The first-order valence-corrected chi connectivity index (χ1v) is 5.61. The maximum atomic E-state index is 5.73. The van der Waals surface area contributed by atoms with Crippen LogP contribution in [0.4, 0.5) is 0 Å². The number of allylic oxidation sites excluding steroid dienone is 3. The third kappa shape index (κ3) is 1.73. The molecule has 17 heavy (non-hydrogen) atoms. The maximum Gasteiger partial charge on any atom is 0.127 e. The first kappa shape index (κ1) is 10.1. The molecule has 0 atom stereocenters. The van der Waals surface area contributed by atoms with Gasteiger partial charge in [0.2, 0.25) is 0 Å². The van der Waals surface area contributed by atoms with E-state index < -0.39 is 0 Å². The molecule has 1 aliphatic carbocycles. The van der Waals surface area contributed by atoms with Crippen molar-refractivity contribution in [3.63, 3.8) is 0 Å². The van der Waals surface area contributed by atoms with Crippen molar-refractivity contribution < 1.29 is 9.57 Å². The van der Waals surface area contributed by atoms with Gasteiger partial charge in [-0.15, -0.1) is 0 Å². The van der Waals surface area contributed by atoms with Gasteiger partial charge in [-0.2, -0.15) is 0 Å². The van der Waals surface area contributed by atoms with Gasteiger partial charge in [-0.3, -0.25) is 0 Å². The topological polar surface area (TPSA) is 30.8 Å². The highest BCUT2D eigenvalue weighted by Gasteiger charge is 2.21. The van der Waals surface area contributed by atoms with E-state index in [9.17, 15) is 0 Å². The summed E-state index contributed by atoms with van der Waals surface area (Å²) < 4.78 is 5.73. The lowest BCUT2D eigenvalue weighted by molar-refractivity contribution is 0.213. The normalized spacial score (nSPS) is 19.7. The summed E-state index contributed by atoms with van der Waals surface area (Å²) >= 11 is 0. The highest BCUT2D eigenvalue weighted by molar-refractivity contribution is 6.03. The molecule has 1 aliphatic heterocycles. The highest BCUT2D eigenvalue weighted by atomic mass is 16.6. The fraction of sp³-hybridized carbons (Fsp3) is 0.214. The van der Waals surface area contributed by atoms with Gasteiger partial charge in [0.05, 0.1) is 5.71 Å². The Labute approximate surface area is 100 Å². The number of rotatable bonds is 1. The Morgan fingerprint density at radius 2 is 2.12 bits per heavy atom. The summed E-state index contributed by atoms with van der Waals surface area (Å²) in [6.07, 6.45) is 4.90.